The number of nitrogens with zero attached hydrogens (tertiary/aromatic N) is 3. The number of benzene rings is 2. The molecule has 0 aromatic heterocycles. The van der Waals surface area contributed by atoms with Gasteiger partial charge >= 0.3 is 0 Å². The number of hydrogen-bond donors (Lipinski definition) is 0. The summed E-state index contributed by atoms with van der Waals surface area (Å²) in [5.41, 5.74) is 4.22. The lowest BCUT2D eigenvalue weighted by Gasteiger charge is -2.45. The predicted octanol–water partition coefficient (Wildman–Crippen LogP) is 4.87. The molecule has 2 aliphatic heterocycles. The fraction of sp³-hybridized carbons (Fsp3) is 0.448. The van der Waals surface area contributed by atoms with Crippen LogP contribution in [0.15, 0.2) is 47.4 Å². The zero-order chi connectivity index (χ0) is 25.4. The lowest BCUT2D eigenvalue weighted by atomic mass is 9.83. The van der Waals surface area contributed by atoms with Crippen molar-refractivity contribution in [2.24, 2.45) is 5.92 Å². The van der Waals surface area contributed by atoms with Gasteiger partial charge < -0.3 is 14.7 Å². The van der Waals surface area contributed by atoms with E-state index in [1.54, 1.807) is 40.9 Å². The molecule has 2 aromatic rings. The lowest BCUT2D eigenvalue weighted by molar-refractivity contribution is -0.139. The van der Waals surface area contributed by atoms with Crippen molar-refractivity contribution in [3.63, 3.8) is 0 Å². The summed E-state index contributed by atoms with van der Waals surface area (Å²) in [5, 5.41) is 0.232. The number of hydrogen-bond acceptors (Lipinski definition) is 4. The van der Waals surface area contributed by atoms with Gasteiger partial charge in [0.15, 0.2) is 0 Å². The van der Waals surface area contributed by atoms with Gasteiger partial charge in [0, 0.05) is 61.7 Å². The number of thioether (sulfide) groups is 1. The third kappa shape index (κ3) is 4.90. The van der Waals surface area contributed by atoms with E-state index in [2.05, 4.69) is 36.9 Å². The molecule has 2 amide bonds. The highest BCUT2D eigenvalue weighted by molar-refractivity contribution is 8.04. The Morgan fingerprint density at radius 3 is 2.56 bits per heavy atom. The molecular weight excluding hydrogens is 473 g/mol. The van der Waals surface area contributed by atoms with Crippen LogP contribution in [0, 0.1) is 25.6 Å². The van der Waals surface area contributed by atoms with Crippen LogP contribution in [0.3, 0.4) is 0 Å². The van der Waals surface area contributed by atoms with Crippen LogP contribution < -0.4 is 4.90 Å². The van der Waals surface area contributed by atoms with Gasteiger partial charge in [-0.15, -0.1) is 11.8 Å². The molecule has 2 aromatic carbocycles. The maximum absolute atomic E-state index is 14.2. The van der Waals surface area contributed by atoms with Crippen LogP contribution in [0.1, 0.15) is 36.0 Å². The zero-order valence-electron chi connectivity index (χ0n) is 21.2. The van der Waals surface area contributed by atoms with Gasteiger partial charge in [-0.05, 0) is 62.4 Å². The summed E-state index contributed by atoms with van der Waals surface area (Å²) in [4.78, 5) is 33.3. The number of amides is 2. The van der Waals surface area contributed by atoms with Crippen LogP contribution in [0.25, 0.3) is 6.08 Å². The van der Waals surface area contributed by atoms with E-state index in [1.807, 2.05) is 11.9 Å². The van der Waals surface area contributed by atoms with Crippen LogP contribution in [-0.2, 0) is 9.59 Å². The summed E-state index contributed by atoms with van der Waals surface area (Å²) in [5.74, 6) is -0.228. The first kappa shape index (κ1) is 24.9. The van der Waals surface area contributed by atoms with Crippen LogP contribution in [0.2, 0.25) is 0 Å². The molecule has 5 rings (SSSR count). The van der Waals surface area contributed by atoms with Crippen molar-refractivity contribution in [2.45, 2.75) is 44.4 Å². The summed E-state index contributed by atoms with van der Waals surface area (Å²) >= 11 is 1.55. The molecule has 3 aliphatic rings. The van der Waals surface area contributed by atoms with E-state index in [1.165, 1.54) is 22.9 Å². The first-order valence-corrected chi connectivity index (χ1v) is 13.7. The number of halogens is 1. The van der Waals surface area contributed by atoms with Gasteiger partial charge in [0.1, 0.15) is 5.82 Å². The number of fused-ring (bicyclic) bond motifs is 1. The van der Waals surface area contributed by atoms with Gasteiger partial charge in [-0.3, -0.25) is 9.59 Å². The minimum atomic E-state index is -0.324. The number of anilines is 1. The summed E-state index contributed by atoms with van der Waals surface area (Å²) in [7, 11) is 1.82. The van der Waals surface area contributed by atoms with Crippen molar-refractivity contribution < 1.29 is 14.0 Å². The predicted molar refractivity (Wildman–Crippen MR) is 144 cm³/mol. The molecule has 0 radical (unpaired) electrons. The Labute approximate surface area is 217 Å². The molecule has 2 saturated heterocycles. The van der Waals surface area contributed by atoms with Gasteiger partial charge in [0.25, 0.3) is 5.91 Å². The van der Waals surface area contributed by atoms with Crippen molar-refractivity contribution >= 4 is 35.3 Å². The molecule has 36 heavy (non-hydrogen) atoms. The van der Waals surface area contributed by atoms with Crippen LogP contribution in [0.4, 0.5) is 10.1 Å². The molecule has 1 saturated carbocycles. The molecule has 3 unspecified atom stereocenters. The van der Waals surface area contributed by atoms with Gasteiger partial charge in [0.05, 0.1) is 4.91 Å². The second-order valence-electron chi connectivity index (χ2n) is 10.3. The fourth-order valence-electron chi connectivity index (χ4n) is 5.74. The molecule has 0 N–H and O–H groups in total. The topological polar surface area (TPSA) is 43.9 Å². The van der Waals surface area contributed by atoms with Crippen molar-refractivity contribution in [3.8, 4) is 0 Å². The standard InChI is InChI=1S/C29H34FN3O2S/c1-19-8-9-20(2)24(16-19)32-12-14-33(15-13-32)28(34)22-10-11-26-25(17-22)31(3)29(35)27(36-26)18-21-6-4-5-7-23(21)30/h4-9,16,18,22,25-26H,10-15,17H2,1-3H3/b27-18-. The smallest absolute Gasteiger partial charge is 0.260 e. The Kier molecular flexibility index (Phi) is 7.11. The van der Waals surface area contributed by atoms with Crippen LogP contribution >= 0.6 is 11.8 Å². The summed E-state index contributed by atoms with van der Waals surface area (Å²) in [6.07, 6.45) is 4.07. The van der Waals surface area contributed by atoms with Gasteiger partial charge in [-0.2, -0.15) is 0 Å². The molecular formula is C29H34FN3O2S. The summed E-state index contributed by atoms with van der Waals surface area (Å²) < 4.78 is 14.2. The third-order valence-electron chi connectivity index (χ3n) is 7.90. The van der Waals surface area contributed by atoms with E-state index in [-0.39, 0.29) is 34.8 Å². The number of piperazine rings is 1. The Morgan fingerprint density at radius 2 is 1.81 bits per heavy atom. The van der Waals surface area contributed by atoms with Gasteiger partial charge in [0.2, 0.25) is 5.91 Å². The van der Waals surface area contributed by atoms with E-state index >= 15 is 0 Å². The highest BCUT2D eigenvalue weighted by Crippen LogP contribution is 2.43. The van der Waals surface area contributed by atoms with Crippen LogP contribution in [-0.4, -0.2) is 66.1 Å². The number of aryl methyl sites for hydroxylation is 2. The van der Waals surface area contributed by atoms with E-state index in [0.717, 1.165) is 39.0 Å². The van der Waals surface area contributed by atoms with E-state index < -0.39 is 0 Å². The molecule has 5 nitrogen and oxygen atoms in total. The Bertz CT molecular complexity index is 1190. The molecule has 0 spiro atoms. The number of likely N-dealkylation sites (N-methyl/N-ethyl adjacent to an activating group) is 1. The Morgan fingerprint density at radius 1 is 1.06 bits per heavy atom. The van der Waals surface area contributed by atoms with Gasteiger partial charge in [-0.25, -0.2) is 4.39 Å². The maximum atomic E-state index is 14.2. The van der Waals surface area contributed by atoms with Crippen molar-refractivity contribution in [1.29, 1.82) is 0 Å². The number of carbonyl (C=O) groups excluding carboxylic acids is 2. The van der Waals surface area contributed by atoms with Crippen LogP contribution in [0.5, 0.6) is 0 Å². The maximum Gasteiger partial charge on any atom is 0.260 e. The minimum Gasteiger partial charge on any atom is -0.368 e. The SMILES string of the molecule is Cc1ccc(C)c(N2CCN(C(=O)C3CCC4S/C(=C\c5ccccc5F)C(=O)N(C)C4C3)CC2)c1. The molecule has 3 fully saturated rings. The monoisotopic (exact) mass is 507 g/mol. The zero-order valence-corrected chi connectivity index (χ0v) is 22.1. The molecule has 1 aliphatic carbocycles. The second kappa shape index (κ2) is 10.3. The number of carbonyl (C=O) groups is 2. The highest BCUT2D eigenvalue weighted by Gasteiger charge is 2.43. The first-order valence-electron chi connectivity index (χ1n) is 12.8. The van der Waals surface area contributed by atoms with E-state index in [0.29, 0.717) is 16.9 Å². The summed E-state index contributed by atoms with van der Waals surface area (Å²) in [6, 6.07) is 13.1. The lowest BCUT2D eigenvalue weighted by Crippen LogP contribution is -2.55. The minimum absolute atomic E-state index is 0.0270. The van der Waals surface area contributed by atoms with E-state index in [4.69, 9.17) is 0 Å². The second-order valence-corrected chi connectivity index (χ2v) is 11.6. The molecule has 0 bridgehead atoms. The van der Waals surface area contributed by atoms with Crippen molar-refractivity contribution in [1.82, 2.24) is 9.80 Å². The summed E-state index contributed by atoms with van der Waals surface area (Å²) in [6.45, 7) is 7.40. The average Bonchev–Trinajstić information content (AvgIpc) is 2.89. The molecule has 190 valence electrons. The Balaban J connectivity index is 1.21. The normalized spacial score (nSPS) is 25.8. The third-order valence-corrected chi connectivity index (χ3v) is 9.30. The molecule has 3 atom stereocenters. The quantitative estimate of drug-likeness (QED) is 0.556. The van der Waals surface area contributed by atoms with Crippen molar-refractivity contribution in [3.05, 3.63) is 69.9 Å². The Hall–Kier alpha value is -2.80. The largest absolute Gasteiger partial charge is 0.368 e. The highest BCUT2D eigenvalue weighted by atomic mass is 32.2. The molecule has 2 heterocycles. The first-order chi connectivity index (χ1) is 17.3. The number of rotatable bonds is 3. The average molecular weight is 508 g/mol. The van der Waals surface area contributed by atoms with Crippen molar-refractivity contribution in [2.75, 3.05) is 38.1 Å². The van der Waals surface area contributed by atoms with E-state index in [9.17, 15) is 14.0 Å². The fourth-order valence-corrected chi connectivity index (χ4v) is 7.21. The van der Waals surface area contributed by atoms with Gasteiger partial charge in [-0.1, -0.05) is 30.3 Å². The molecule has 7 heteroatoms.